The number of piperazine rings is 1. The van der Waals surface area contributed by atoms with Crippen molar-refractivity contribution in [3.63, 3.8) is 0 Å². The fourth-order valence-corrected chi connectivity index (χ4v) is 23.6. The summed E-state index contributed by atoms with van der Waals surface area (Å²) in [7, 11) is -7.42. The highest BCUT2D eigenvalue weighted by Crippen LogP contribution is 2.67. The SMILES string of the molecule is C#C[C@]1(O)CC[C@H]2[C@@H]3CCc4cc(O)ccc4[C@H]3CC[C@@]21C.C#C[C@]1(O)CC[C@H]2[C@@H]3CCc4cc(OC)ccc4[C@H]3CC[C@@]21C.C1CNCCN1.C[C@]12CC[C@@H]3c4ccc(O)cc4CC[C@H]3[C@@H]1CCC2=O.C[C@]12CC[C@@H]3c4ccc(OS(=O)(=O)O)cc4CC[C@H]3[C@@H]1CCC2=O.O=S(=O)(O)O. The van der Waals surface area contributed by atoms with Crippen LogP contribution in [0.1, 0.15) is 224 Å². The molecule has 17 nitrogen and oxygen atoms in total. The van der Waals surface area contributed by atoms with E-state index >= 15 is 0 Å². The van der Waals surface area contributed by atoms with Crippen LogP contribution in [0.2, 0.25) is 0 Å². The maximum absolute atomic E-state index is 12.3. The molecule has 17 rings (SSSR count). The topological polar surface area (TPSA) is 287 Å². The third-order valence-corrected chi connectivity index (χ3v) is 28.8. The van der Waals surface area contributed by atoms with Gasteiger partial charge < -0.3 is 40.0 Å². The standard InChI is InChI=1S/C21H26O2.C20H24O2.C18H22O5S.C18H22O2.C4H10N2.H2O4S/c1-4-21(22)12-10-19-18-7-5-14-13-15(23-3)6-8-16(14)17(18)9-11-20(19,21)2;1-3-20(22)11-9-18-17-6-4-13-12-14(21)5-7-15(13)16(17)8-10-19(18,20)2;1-18-9-8-14-13-5-3-12(23-24(20,21)22)10-11(13)2-4-15(14)16(18)6-7-17(18)19;1-18-9-8-14-13-5-3-12(19)10-11(13)2-4-15(14)16(18)6-7-17(18)20;1-2-6-4-3-5-1;1-5(2,3)4/h1,6,8,13,17-19,22H,5,7,9-12H2,2-3H3;1,5,7,12,16-18,21-22H,4,6,8-11H2,2H3;3,5,10,14-16H,2,4,6-9H2,1H3,(H,20,21,22);3,5,10,14-16,19H,2,4,6-9H2,1H3;5-6H,1-4H2;(H2,1,2,3,4)/t17-,18-,19+,20+,21+;16-,17-,18+,19+,20+;2*14-,15-,16+,18+;;/m1111../s1. The van der Waals surface area contributed by atoms with Gasteiger partial charge in [-0.25, -0.2) is 0 Å². The second-order valence-corrected chi connectivity index (χ2v) is 34.6. The monoisotopic (exact) mass is 1410 g/mol. The molecule has 0 aromatic heterocycles. The minimum atomic E-state index is -4.67. The molecule has 0 bridgehead atoms. The number of ketones is 2. The minimum absolute atomic E-state index is 0.0322. The number of methoxy groups -OCH3 is 1. The molecule has 100 heavy (non-hydrogen) atoms. The lowest BCUT2D eigenvalue weighted by molar-refractivity contribution is -0.130. The molecule has 0 amide bonds. The molecule has 0 radical (unpaired) electrons. The molecular weight excluding hydrogens is 1310 g/mol. The van der Waals surface area contributed by atoms with Crippen LogP contribution in [0.5, 0.6) is 23.0 Å². The van der Waals surface area contributed by atoms with E-state index in [0.29, 0.717) is 94.1 Å². The van der Waals surface area contributed by atoms with Crippen molar-refractivity contribution in [1.82, 2.24) is 10.6 Å². The fourth-order valence-electron chi connectivity index (χ4n) is 23.2. The van der Waals surface area contributed by atoms with Crippen LogP contribution in [-0.2, 0) is 56.1 Å². The van der Waals surface area contributed by atoms with E-state index in [1.54, 1.807) is 19.2 Å². The highest BCUT2D eigenvalue weighted by molar-refractivity contribution is 7.81. The van der Waals surface area contributed by atoms with Gasteiger partial charge in [-0.15, -0.1) is 12.8 Å². The molecule has 0 unspecified atom stereocenters. The van der Waals surface area contributed by atoms with E-state index in [1.165, 1.54) is 51.8 Å². The van der Waals surface area contributed by atoms with E-state index in [9.17, 15) is 38.4 Å². The summed E-state index contributed by atoms with van der Waals surface area (Å²) >= 11 is 0. The molecule has 9 fully saturated rings. The molecule has 19 heteroatoms. The molecule has 1 aliphatic heterocycles. The maximum Gasteiger partial charge on any atom is 0.446 e. The Bertz CT molecular complexity index is 4030. The van der Waals surface area contributed by atoms with Gasteiger partial charge in [0.15, 0.2) is 0 Å². The second-order valence-electron chi connectivity index (χ2n) is 32.6. The number of benzene rings is 4. The van der Waals surface area contributed by atoms with Crippen molar-refractivity contribution in [3.05, 3.63) is 117 Å². The lowest BCUT2D eigenvalue weighted by Gasteiger charge is -2.52. The Morgan fingerprint density at radius 2 is 0.770 bits per heavy atom. The highest BCUT2D eigenvalue weighted by Gasteiger charge is 2.63. The van der Waals surface area contributed by atoms with Crippen molar-refractivity contribution in [1.29, 1.82) is 0 Å². The number of aryl methyl sites for hydroxylation is 4. The molecule has 9 N–H and O–H groups in total. The Kier molecular flexibility index (Phi) is 21.2. The molecule has 8 saturated carbocycles. The van der Waals surface area contributed by atoms with E-state index in [4.69, 9.17) is 39.7 Å². The van der Waals surface area contributed by atoms with Gasteiger partial charge >= 0.3 is 20.8 Å². The lowest BCUT2D eigenvalue weighted by Crippen LogP contribution is -2.50. The molecule has 18 atom stereocenters. The Morgan fingerprint density at radius 3 is 1.12 bits per heavy atom. The average molecular weight is 1410 g/mol. The molecule has 1 heterocycles. The number of carbonyl (C=O) groups is 2. The first-order valence-corrected chi connectivity index (χ1v) is 39.8. The van der Waals surface area contributed by atoms with Gasteiger partial charge in [0.05, 0.1) is 7.11 Å². The number of hydrogen-bond donors (Lipinski definition) is 9. The highest BCUT2D eigenvalue weighted by atomic mass is 32.3. The van der Waals surface area contributed by atoms with Gasteiger partial charge in [-0.1, -0.05) is 63.8 Å². The zero-order chi connectivity index (χ0) is 71.5. The van der Waals surface area contributed by atoms with Crippen molar-refractivity contribution in [3.8, 4) is 47.7 Å². The number of phenols is 2. The summed E-state index contributed by atoms with van der Waals surface area (Å²) in [4.78, 5) is 24.6. The van der Waals surface area contributed by atoms with E-state index in [2.05, 4.69) is 84.7 Å². The molecule has 13 aliphatic rings. The van der Waals surface area contributed by atoms with Crippen LogP contribution in [0.25, 0.3) is 0 Å². The van der Waals surface area contributed by atoms with Crippen LogP contribution in [0.3, 0.4) is 0 Å². The van der Waals surface area contributed by atoms with Crippen LogP contribution < -0.4 is 19.6 Å². The zero-order valence-electron chi connectivity index (χ0n) is 59.0. The Labute approximate surface area is 593 Å². The van der Waals surface area contributed by atoms with Gasteiger partial charge in [0, 0.05) is 60.7 Å². The molecule has 0 spiro atoms. The number of hydrogen-bond acceptors (Lipinski definition) is 14. The molecule has 4 aromatic rings. The van der Waals surface area contributed by atoms with Crippen molar-refractivity contribution < 1.29 is 69.4 Å². The summed E-state index contributed by atoms with van der Waals surface area (Å²) in [5, 5.41) is 47.7. The fraction of sp³-hybridized carbons (Fsp3) is 0.630. The van der Waals surface area contributed by atoms with Gasteiger partial charge in [0.25, 0.3) is 0 Å². The first-order valence-electron chi connectivity index (χ1n) is 37.1. The summed E-state index contributed by atoms with van der Waals surface area (Å²) in [5.74, 6) is 15.2. The van der Waals surface area contributed by atoms with Gasteiger partial charge in [-0.3, -0.25) is 23.2 Å². The smallest absolute Gasteiger partial charge is 0.446 e. The number of Topliss-reactive ketones (excluding diaryl/α,β-unsaturated/α-hetero) is 2. The number of nitrogens with one attached hydrogen (secondary N) is 2. The molecule has 4 aromatic carbocycles. The quantitative estimate of drug-likeness (QED) is 0.0681. The number of terminal acetylenes is 2. The van der Waals surface area contributed by atoms with Gasteiger partial charge in [-0.05, 0) is 305 Å². The summed E-state index contributed by atoms with van der Waals surface area (Å²) in [5.41, 5.74) is 8.63. The first kappa shape index (κ1) is 73.9. The first-order chi connectivity index (χ1) is 47.4. The summed E-state index contributed by atoms with van der Waals surface area (Å²) in [6, 6.07) is 23.6. The third-order valence-electron chi connectivity index (χ3n) is 28.4. The number of ether oxygens (including phenoxy) is 1. The van der Waals surface area contributed by atoms with Crippen molar-refractivity contribution in [2.75, 3.05) is 33.3 Å². The predicted molar refractivity (Wildman–Crippen MR) is 384 cm³/mol. The van der Waals surface area contributed by atoms with Gasteiger partial charge in [0.1, 0.15) is 45.8 Å². The second kappa shape index (κ2) is 28.7. The van der Waals surface area contributed by atoms with E-state index in [-0.39, 0.29) is 27.4 Å². The van der Waals surface area contributed by atoms with Crippen molar-refractivity contribution in [2.45, 2.75) is 217 Å². The Hall–Kier alpha value is -5.84. The number of aromatic hydroxyl groups is 2. The normalized spacial score (nSPS) is 37.2. The summed E-state index contributed by atoms with van der Waals surface area (Å²) < 4.78 is 72.2. The largest absolute Gasteiger partial charge is 0.508 e. The van der Waals surface area contributed by atoms with Crippen LogP contribution >= 0.6 is 0 Å². The van der Waals surface area contributed by atoms with Gasteiger partial charge in [0.2, 0.25) is 0 Å². The third kappa shape index (κ3) is 14.1. The Morgan fingerprint density at radius 1 is 0.440 bits per heavy atom. The van der Waals surface area contributed by atoms with E-state index in [0.717, 1.165) is 179 Å². The van der Waals surface area contributed by atoms with Crippen LogP contribution in [0.4, 0.5) is 0 Å². The van der Waals surface area contributed by atoms with Crippen molar-refractivity contribution >= 4 is 32.4 Å². The number of carbonyl (C=O) groups excluding carboxylic acids is 2. The predicted octanol–water partition coefficient (Wildman–Crippen LogP) is 13.2. The van der Waals surface area contributed by atoms with Crippen LogP contribution in [0.15, 0.2) is 72.8 Å². The maximum atomic E-state index is 12.3. The molecule has 1 saturated heterocycles. The lowest BCUT2D eigenvalue weighted by atomic mass is 9.53. The number of aliphatic hydroxyl groups is 2. The number of rotatable bonds is 3. The van der Waals surface area contributed by atoms with Crippen molar-refractivity contribution in [2.24, 2.45) is 69.0 Å². The summed E-state index contributed by atoms with van der Waals surface area (Å²) in [6.07, 6.45) is 35.8. The average Bonchev–Trinajstić information content (AvgIpc) is 1.53. The zero-order valence-corrected chi connectivity index (χ0v) is 60.7. The Balaban J connectivity index is 0.000000120. The van der Waals surface area contributed by atoms with Gasteiger partial charge in [-0.2, -0.15) is 16.8 Å². The molecular formula is C81H106N2O15S2. The molecule has 542 valence electrons. The molecule has 12 aliphatic carbocycles. The van der Waals surface area contributed by atoms with E-state index in [1.807, 2.05) is 30.3 Å². The minimum Gasteiger partial charge on any atom is -0.508 e. The van der Waals surface area contributed by atoms with E-state index < -0.39 is 32.0 Å². The summed E-state index contributed by atoms with van der Waals surface area (Å²) in [6.45, 7) is 13.4. The number of phenolic OH excluding ortho intramolecular Hbond substituents is 2. The van der Waals surface area contributed by atoms with Crippen LogP contribution in [0, 0.1) is 93.7 Å². The van der Waals surface area contributed by atoms with Crippen LogP contribution in [-0.4, -0.2) is 107 Å². The number of fused-ring (bicyclic) bond motifs is 20.